The van der Waals surface area contributed by atoms with Crippen LogP contribution in [0.1, 0.15) is 45.6 Å². The predicted octanol–water partition coefficient (Wildman–Crippen LogP) is 4.37. The number of aromatic nitrogens is 5. The minimum atomic E-state index is -0.293. The van der Waals surface area contributed by atoms with Crippen LogP contribution in [0, 0.1) is 5.41 Å². The summed E-state index contributed by atoms with van der Waals surface area (Å²) >= 11 is 0. The van der Waals surface area contributed by atoms with Crippen LogP contribution in [-0.4, -0.2) is 62.7 Å². The average Bonchev–Trinajstić information content (AvgIpc) is 3.54. The fraction of sp³-hybridized carbons (Fsp3) is 0.414. The number of piperidine rings is 1. The van der Waals surface area contributed by atoms with Crippen LogP contribution < -0.4 is 10.2 Å². The monoisotopic (exact) mass is 512 g/mol. The van der Waals surface area contributed by atoms with Crippen LogP contribution in [0.4, 0.5) is 5.82 Å². The number of rotatable bonds is 7. The largest absolute Gasteiger partial charge is 0.357 e. The molecule has 38 heavy (non-hydrogen) atoms. The summed E-state index contributed by atoms with van der Waals surface area (Å²) in [6, 6.07) is 6.53. The maximum absolute atomic E-state index is 12.9. The van der Waals surface area contributed by atoms with Crippen molar-refractivity contribution in [3.63, 3.8) is 0 Å². The lowest BCUT2D eigenvalue weighted by Crippen LogP contribution is -2.50. The SMILES string of the molecule is CCC1(C(=O)NC(C)C)CCN(c2ccc(-c3cc(-c4cnn(C)c4)cn4ncc(/C=N\C)c34)cn2)CC1. The zero-order chi connectivity index (χ0) is 26.9. The van der Waals surface area contributed by atoms with Crippen molar-refractivity contribution < 1.29 is 4.79 Å². The molecule has 4 aromatic rings. The minimum absolute atomic E-state index is 0.154. The van der Waals surface area contributed by atoms with Crippen LogP contribution in [-0.2, 0) is 11.8 Å². The van der Waals surface area contributed by atoms with Gasteiger partial charge in [0.05, 0.1) is 23.3 Å². The third-order valence-corrected chi connectivity index (χ3v) is 7.63. The Morgan fingerprint density at radius 1 is 1.11 bits per heavy atom. The molecule has 1 saturated heterocycles. The summed E-state index contributed by atoms with van der Waals surface area (Å²) in [5, 5.41) is 12.1. The van der Waals surface area contributed by atoms with E-state index in [0.717, 1.165) is 71.5 Å². The summed E-state index contributed by atoms with van der Waals surface area (Å²) in [5.41, 5.74) is 5.74. The molecule has 0 spiro atoms. The molecule has 1 fully saturated rings. The number of aryl methyl sites for hydroxylation is 1. The lowest BCUT2D eigenvalue weighted by Gasteiger charge is -2.41. The van der Waals surface area contributed by atoms with Crippen LogP contribution in [0.25, 0.3) is 27.8 Å². The van der Waals surface area contributed by atoms with Gasteiger partial charge in [-0.2, -0.15) is 10.2 Å². The molecule has 1 aliphatic rings. The normalized spacial score (nSPS) is 15.6. The van der Waals surface area contributed by atoms with Gasteiger partial charge in [0.2, 0.25) is 5.91 Å². The summed E-state index contributed by atoms with van der Waals surface area (Å²) in [4.78, 5) is 24.3. The number of amides is 1. The molecule has 0 aromatic carbocycles. The summed E-state index contributed by atoms with van der Waals surface area (Å²) in [6.07, 6.45) is 14.0. The highest BCUT2D eigenvalue weighted by Gasteiger charge is 2.40. The lowest BCUT2D eigenvalue weighted by molar-refractivity contribution is -0.133. The van der Waals surface area contributed by atoms with Crippen molar-refractivity contribution >= 4 is 23.5 Å². The molecule has 1 aliphatic heterocycles. The first kappa shape index (κ1) is 25.6. The molecule has 198 valence electrons. The third-order valence-electron chi connectivity index (χ3n) is 7.63. The second-order valence-electron chi connectivity index (χ2n) is 10.5. The van der Waals surface area contributed by atoms with E-state index in [9.17, 15) is 4.79 Å². The van der Waals surface area contributed by atoms with Gasteiger partial charge in [0, 0.05) is 85.8 Å². The minimum Gasteiger partial charge on any atom is -0.357 e. The number of carbonyl (C=O) groups is 1. The van der Waals surface area contributed by atoms with Crippen LogP contribution in [0.5, 0.6) is 0 Å². The smallest absolute Gasteiger partial charge is 0.226 e. The average molecular weight is 513 g/mol. The van der Waals surface area contributed by atoms with Crippen molar-refractivity contribution in [2.24, 2.45) is 17.5 Å². The standard InChI is InChI=1S/C29H36N8O/c1-6-29(28(38)34-20(2)3)9-11-36(12-10-29)26-8-7-21(15-31-26)25-13-22(24-17-32-35(5)18-24)19-37-27(25)23(14-30-4)16-33-37/h7-8,13-20H,6,9-12H2,1-5H3,(H,34,38)/b30-14-. The molecular weight excluding hydrogens is 476 g/mol. The van der Waals surface area contributed by atoms with Crippen LogP contribution in [0.3, 0.4) is 0 Å². The number of nitrogens with zero attached hydrogens (tertiary/aromatic N) is 7. The summed E-state index contributed by atoms with van der Waals surface area (Å²) in [7, 11) is 3.68. The van der Waals surface area contributed by atoms with Gasteiger partial charge in [-0.3, -0.25) is 14.5 Å². The molecule has 0 bridgehead atoms. The van der Waals surface area contributed by atoms with Crippen molar-refractivity contribution in [2.75, 3.05) is 25.0 Å². The predicted molar refractivity (Wildman–Crippen MR) is 152 cm³/mol. The van der Waals surface area contributed by atoms with Gasteiger partial charge in [0.1, 0.15) is 5.82 Å². The van der Waals surface area contributed by atoms with Crippen LogP contribution >= 0.6 is 0 Å². The molecule has 5 rings (SSSR count). The number of pyridine rings is 2. The highest BCUT2D eigenvalue weighted by atomic mass is 16.2. The van der Waals surface area contributed by atoms with E-state index >= 15 is 0 Å². The number of hydrogen-bond donors (Lipinski definition) is 1. The first-order chi connectivity index (χ1) is 18.3. The van der Waals surface area contributed by atoms with Crippen molar-refractivity contribution in [1.82, 2.24) is 29.7 Å². The van der Waals surface area contributed by atoms with E-state index < -0.39 is 0 Å². The molecular formula is C29H36N8O. The van der Waals surface area contributed by atoms with E-state index in [0.29, 0.717) is 0 Å². The van der Waals surface area contributed by atoms with Crippen molar-refractivity contribution in [3.05, 3.63) is 54.7 Å². The van der Waals surface area contributed by atoms with E-state index in [-0.39, 0.29) is 17.4 Å². The Labute approximate surface area is 223 Å². The Kier molecular flexibility index (Phi) is 7.01. The number of carbonyl (C=O) groups excluding carboxylic acids is 1. The van der Waals surface area contributed by atoms with E-state index in [1.54, 1.807) is 11.7 Å². The van der Waals surface area contributed by atoms with Gasteiger partial charge in [0.15, 0.2) is 0 Å². The lowest BCUT2D eigenvalue weighted by atomic mass is 9.75. The molecule has 0 atom stereocenters. The molecule has 0 aliphatic carbocycles. The summed E-state index contributed by atoms with van der Waals surface area (Å²) in [6.45, 7) is 7.78. The zero-order valence-corrected chi connectivity index (χ0v) is 22.8. The molecule has 1 N–H and O–H groups in total. The Morgan fingerprint density at radius 2 is 1.89 bits per heavy atom. The van der Waals surface area contributed by atoms with E-state index in [4.69, 9.17) is 4.98 Å². The molecule has 0 radical (unpaired) electrons. The van der Waals surface area contributed by atoms with Crippen molar-refractivity contribution in [3.8, 4) is 22.3 Å². The number of nitrogens with one attached hydrogen (secondary N) is 1. The number of aliphatic imine (C=N–C) groups is 1. The number of anilines is 1. The van der Waals surface area contributed by atoms with Crippen LogP contribution in [0.15, 0.2) is 54.2 Å². The third kappa shape index (κ3) is 4.80. The van der Waals surface area contributed by atoms with Gasteiger partial charge < -0.3 is 10.2 Å². The van der Waals surface area contributed by atoms with E-state index in [1.807, 2.05) is 62.6 Å². The van der Waals surface area contributed by atoms with Crippen molar-refractivity contribution in [1.29, 1.82) is 0 Å². The van der Waals surface area contributed by atoms with Crippen molar-refractivity contribution in [2.45, 2.75) is 46.1 Å². The Balaban J connectivity index is 1.44. The van der Waals surface area contributed by atoms with Gasteiger partial charge in [-0.25, -0.2) is 9.50 Å². The first-order valence-electron chi connectivity index (χ1n) is 13.3. The highest BCUT2D eigenvalue weighted by molar-refractivity contribution is 5.97. The Morgan fingerprint density at radius 3 is 2.50 bits per heavy atom. The highest BCUT2D eigenvalue weighted by Crippen LogP contribution is 2.37. The Bertz CT molecular complexity index is 1460. The van der Waals surface area contributed by atoms with Gasteiger partial charge in [-0.05, 0) is 51.3 Å². The second-order valence-corrected chi connectivity index (χ2v) is 10.5. The maximum Gasteiger partial charge on any atom is 0.226 e. The quantitative estimate of drug-likeness (QED) is 0.371. The fourth-order valence-corrected chi connectivity index (χ4v) is 5.38. The van der Waals surface area contributed by atoms with Gasteiger partial charge in [-0.15, -0.1) is 0 Å². The topological polar surface area (TPSA) is 92.7 Å². The molecule has 0 saturated carbocycles. The molecule has 1 amide bonds. The fourth-order valence-electron chi connectivity index (χ4n) is 5.38. The van der Waals surface area contributed by atoms with E-state index in [2.05, 4.69) is 50.5 Å². The molecule has 9 heteroatoms. The van der Waals surface area contributed by atoms with Gasteiger partial charge in [0.25, 0.3) is 0 Å². The number of fused-ring (bicyclic) bond motifs is 1. The van der Waals surface area contributed by atoms with Crippen LogP contribution in [0.2, 0.25) is 0 Å². The summed E-state index contributed by atoms with van der Waals surface area (Å²) in [5.74, 6) is 1.12. The molecule has 4 aromatic heterocycles. The second kappa shape index (κ2) is 10.4. The Hall–Kier alpha value is -4.01. The molecule has 5 heterocycles. The first-order valence-corrected chi connectivity index (χ1v) is 13.3. The maximum atomic E-state index is 12.9. The number of hydrogen-bond acceptors (Lipinski definition) is 6. The summed E-state index contributed by atoms with van der Waals surface area (Å²) < 4.78 is 3.70. The van der Waals surface area contributed by atoms with Gasteiger partial charge in [-0.1, -0.05) is 6.92 Å². The van der Waals surface area contributed by atoms with Gasteiger partial charge >= 0.3 is 0 Å². The zero-order valence-electron chi connectivity index (χ0n) is 22.8. The molecule has 0 unspecified atom stereocenters. The van der Waals surface area contributed by atoms with E-state index in [1.165, 1.54) is 0 Å². The molecule has 9 nitrogen and oxygen atoms in total.